The van der Waals surface area contributed by atoms with Crippen molar-refractivity contribution in [1.82, 2.24) is 9.80 Å². The highest BCUT2D eigenvalue weighted by atomic mass is 15.1. The highest BCUT2D eigenvalue weighted by Gasteiger charge is 2.05. The SMILES string of the molecule is CC.CCCCCCCCCCCC.CCCCCCCCCCCCN(CCCCCCCCCCCC)CCCCCCCCCCCC.CCN(CC)CC.C[BH2-]c1ccccc1. The minimum absolute atomic E-state index is 0.196. The average molecular weight is 929 g/mol. The lowest BCUT2D eigenvalue weighted by Crippen LogP contribution is -2.27. The second-order valence-corrected chi connectivity index (χ2v) is 20.0. The zero-order valence-electron chi connectivity index (χ0n) is 48.8. The summed E-state index contributed by atoms with van der Waals surface area (Å²) >= 11 is 0. The van der Waals surface area contributed by atoms with Gasteiger partial charge in [0.05, 0.1) is 0 Å². The molecule has 398 valence electrons. The van der Waals surface area contributed by atoms with E-state index in [1.807, 2.05) is 13.8 Å². The van der Waals surface area contributed by atoms with Gasteiger partial charge in [-0.05, 0) is 65.8 Å². The van der Waals surface area contributed by atoms with Crippen molar-refractivity contribution in [2.75, 3.05) is 39.3 Å². The fraction of sp³-hybridized carbons (Fsp3) is 0.905. The Morgan fingerprint density at radius 1 is 0.273 bits per heavy atom. The molecule has 1 aromatic rings. The molecular formula is C63H132BN2-. The van der Waals surface area contributed by atoms with Gasteiger partial charge in [0.1, 0.15) is 0 Å². The van der Waals surface area contributed by atoms with E-state index in [1.54, 1.807) is 0 Å². The first-order valence-corrected chi connectivity index (χ1v) is 31.5. The van der Waals surface area contributed by atoms with Gasteiger partial charge in [-0.15, -0.1) is 0 Å². The minimum atomic E-state index is 0.196. The zero-order chi connectivity index (χ0) is 49.5. The lowest BCUT2D eigenvalue weighted by Gasteiger charge is -2.22. The molecule has 0 saturated carbocycles. The topological polar surface area (TPSA) is 6.48 Å². The zero-order valence-corrected chi connectivity index (χ0v) is 48.8. The Morgan fingerprint density at radius 3 is 0.621 bits per heavy atom. The van der Waals surface area contributed by atoms with Crippen LogP contribution in [0, 0.1) is 0 Å². The number of hydrogen-bond donors (Lipinski definition) is 0. The van der Waals surface area contributed by atoms with Crippen LogP contribution in [0.15, 0.2) is 30.3 Å². The number of rotatable bonds is 46. The van der Waals surface area contributed by atoms with Crippen molar-refractivity contribution in [2.24, 2.45) is 0 Å². The van der Waals surface area contributed by atoms with Gasteiger partial charge in [-0.1, -0.05) is 337 Å². The normalized spacial score (nSPS) is 10.7. The Morgan fingerprint density at radius 2 is 0.470 bits per heavy atom. The van der Waals surface area contributed by atoms with E-state index in [1.165, 1.54) is 302 Å². The van der Waals surface area contributed by atoms with E-state index in [4.69, 9.17) is 0 Å². The molecule has 0 radical (unpaired) electrons. The molecule has 0 amide bonds. The second kappa shape index (κ2) is 70.8. The van der Waals surface area contributed by atoms with Gasteiger partial charge in [0.2, 0.25) is 0 Å². The highest BCUT2D eigenvalue weighted by molar-refractivity contribution is 6.51. The van der Waals surface area contributed by atoms with Crippen molar-refractivity contribution >= 4 is 12.7 Å². The summed E-state index contributed by atoms with van der Waals surface area (Å²) in [4.78, 5) is 5.22. The van der Waals surface area contributed by atoms with E-state index in [0.717, 1.165) is 0 Å². The van der Waals surface area contributed by atoms with Crippen molar-refractivity contribution in [3.05, 3.63) is 30.3 Å². The monoisotopic (exact) mass is 928 g/mol. The van der Waals surface area contributed by atoms with Gasteiger partial charge in [0, 0.05) is 0 Å². The molecule has 0 unspecified atom stereocenters. The molecule has 0 bridgehead atoms. The van der Waals surface area contributed by atoms with Gasteiger partial charge in [-0.25, -0.2) is 5.46 Å². The van der Waals surface area contributed by atoms with Crippen LogP contribution in [0.3, 0.4) is 0 Å². The van der Waals surface area contributed by atoms with Crippen LogP contribution in [-0.4, -0.2) is 56.3 Å². The van der Waals surface area contributed by atoms with E-state index >= 15 is 0 Å². The molecule has 0 spiro atoms. The third-order valence-electron chi connectivity index (χ3n) is 13.8. The summed E-state index contributed by atoms with van der Waals surface area (Å²) in [5.74, 6) is 0. The van der Waals surface area contributed by atoms with E-state index in [0.29, 0.717) is 0 Å². The number of benzene rings is 1. The summed E-state index contributed by atoms with van der Waals surface area (Å²) in [5, 5.41) is 0. The fourth-order valence-electron chi connectivity index (χ4n) is 8.90. The van der Waals surface area contributed by atoms with Gasteiger partial charge in [-0.2, -0.15) is 6.82 Å². The predicted molar refractivity (Wildman–Crippen MR) is 315 cm³/mol. The number of nitrogens with zero attached hydrogens (tertiary/aromatic N) is 2. The highest BCUT2D eigenvalue weighted by Crippen LogP contribution is 2.15. The van der Waals surface area contributed by atoms with Gasteiger partial charge in [0.15, 0.2) is 0 Å². The van der Waals surface area contributed by atoms with Gasteiger partial charge in [-0.3, -0.25) is 0 Å². The maximum absolute atomic E-state index is 2.85. The molecule has 1 rings (SSSR count). The van der Waals surface area contributed by atoms with Crippen molar-refractivity contribution in [3.8, 4) is 0 Å². The van der Waals surface area contributed by atoms with E-state index in [-0.39, 0.29) is 7.28 Å². The summed E-state index contributed by atoms with van der Waals surface area (Å²) in [6.45, 7) is 32.0. The Bertz CT molecular complexity index is 800. The average Bonchev–Trinajstić information content (AvgIpc) is 3.35. The summed E-state index contributed by atoms with van der Waals surface area (Å²) in [7, 11) is 0.196. The predicted octanol–water partition coefficient (Wildman–Crippen LogP) is 20.9. The van der Waals surface area contributed by atoms with Crippen molar-refractivity contribution in [3.63, 3.8) is 0 Å². The molecule has 0 atom stereocenters. The summed E-state index contributed by atoms with van der Waals surface area (Å²) < 4.78 is 0. The van der Waals surface area contributed by atoms with Crippen LogP contribution >= 0.6 is 0 Å². The second-order valence-electron chi connectivity index (χ2n) is 20.0. The molecule has 0 aromatic heterocycles. The van der Waals surface area contributed by atoms with Gasteiger partial charge >= 0.3 is 0 Å². The van der Waals surface area contributed by atoms with Crippen molar-refractivity contribution in [2.45, 2.75) is 333 Å². The van der Waals surface area contributed by atoms with Crippen LogP contribution in [0.25, 0.3) is 0 Å². The summed E-state index contributed by atoms with van der Waals surface area (Å²) in [5.41, 5.74) is 1.53. The van der Waals surface area contributed by atoms with E-state index in [9.17, 15) is 0 Å². The first-order valence-electron chi connectivity index (χ1n) is 31.5. The number of hydrogen-bond acceptors (Lipinski definition) is 2. The Hall–Kier alpha value is -0.795. The van der Waals surface area contributed by atoms with Crippen molar-refractivity contribution < 1.29 is 0 Å². The standard InChI is InChI=1S/C36H75N.C12H26.C7H10B.C6H15N.C2H6/c1-4-7-10-13-16-19-22-25-28-31-34-37(35-32-29-26-23-20-17-14-11-8-5-2)36-33-30-27-24-21-18-15-12-9-6-3;1-3-5-7-9-11-12-10-8-6-4-2;1-8-7-5-3-2-4-6-7;1-4-7(5-2)6-3;1-2/h4-36H2,1-3H3;3-12H2,1-2H3;2-6H,8H2,1H3;4-6H2,1-3H3;1-2H3/q;;-1;;. The Labute approximate surface area is 423 Å². The van der Waals surface area contributed by atoms with Crippen LogP contribution < -0.4 is 5.46 Å². The lowest BCUT2D eigenvalue weighted by atomic mass is 9.74. The first-order chi connectivity index (χ1) is 32.5. The molecular weight excluding hydrogens is 796 g/mol. The van der Waals surface area contributed by atoms with Crippen molar-refractivity contribution in [1.29, 1.82) is 0 Å². The van der Waals surface area contributed by atoms with Gasteiger partial charge < -0.3 is 9.80 Å². The maximum atomic E-state index is 2.85. The molecule has 0 aliphatic carbocycles. The summed E-state index contributed by atoms with van der Waals surface area (Å²) in [6.07, 6.45) is 58.0. The largest absolute Gasteiger partial charge is 0.304 e. The van der Waals surface area contributed by atoms with Crippen LogP contribution in [0.4, 0.5) is 0 Å². The number of unbranched alkanes of at least 4 members (excludes halogenated alkanes) is 36. The molecule has 1 aromatic carbocycles. The minimum Gasteiger partial charge on any atom is -0.304 e. The van der Waals surface area contributed by atoms with Crippen LogP contribution in [-0.2, 0) is 0 Å². The third kappa shape index (κ3) is 67.5. The molecule has 0 aliphatic rings. The Kier molecular flexibility index (Phi) is 76.9. The van der Waals surface area contributed by atoms with E-state index in [2.05, 4.69) is 102 Å². The molecule has 0 N–H and O–H groups in total. The molecule has 0 heterocycles. The third-order valence-corrected chi connectivity index (χ3v) is 13.8. The Balaban J connectivity index is -0.000000527. The van der Waals surface area contributed by atoms with E-state index < -0.39 is 0 Å². The van der Waals surface area contributed by atoms with Crippen LogP contribution in [0.5, 0.6) is 0 Å². The molecule has 0 aliphatic heterocycles. The lowest BCUT2D eigenvalue weighted by molar-refractivity contribution is 0.254. The maximum Gasteiger partial charge on any atom is -0.00187 e. The fourth-order valence-corrected chi connectivity index (χ4v) is 8.90. The molecule has 66 heavy (non-hydrogen) atoms. The smallest absolute Gasteiger partial charge is 0.00187 e. The van der Waals surface area contributed by atoms with Gasteiger partial charge in [0.25, 0.3) is 0 Å². The molecule has 2 nitrogen and oxygen atoms in total. The molecule has 0 saturated heterocycles. The summed E-state index contributed by atoms with van der Waals surface area (Å²) in [6, 6.07) is 10.6. The molecule has 3 heteroatoms. The van der Waals surface area contributed by atoms with Crippen LogP contribution in [0.1, 0.15) is 326 Å². The quantitative estimate of drug-likeness (QED) is 0.0475. The first kappa shape index (κ1) is 71.8. The molecule has 0 fully saturated rings. The van der Waals surface area contributed by atoms with Crippen LogP contribution in [0.2, 0.25) is 6.82 Å².